The fourth-order valence-corrected chi connectivity index (χ4v) is 9.85. The predicted molar refractivity (Wildman–Crippen MR) is 305 cm³/mol. The average Bonchev–Trinajstić information content (AvgIpc) is 3.33. The summed E-state index contributed by atoms with van der Waals surface area (Å²) in [5.74, 6) is -0.499. The summed E-state index contributed by atoms with van der Waals surface area (Å²) in [5.41, 5.74) is 0. The Labute approximate surface area is 441 Å². The number of phosphoric acid groups is 1. The molecular weight excluding hydrogens is 904 g/mol. The lowest BCUT2D eigenvalue weighted by molar-refractivity contribution is -0.870. The van der Waals surface area contributed by atoms with E-state index in [2.05, 4.69) is 38.2 Å². The van der Waals surface area contributed by atoms with Crippen LogP contribution in [0.2, 0.25) is 0 Å². The second-order valence-corrected chi connectivity index (χ2v) is 23.7. The highest BCUT2D eigenvalue weighted by Gasteiger charge is 2.30. The van der Waals surface area contributed by atoms with Gasteiger partial charge in [-0.25, -0.2) is 4.57 Å². The Morgan fingerprint density at radius 3 is 1.20 bits per heavy atom. The molecule has 0 heterocycles. The van der Waals surface area contributed by atoms with E-state index in [0.717, 1.165) is 77.0 Å². The van der Waals surface area contributed by atoms with E-state index in [1.807, 2.05) is 33.3 Å². The fraction of sp³-hybridized carbons (Fsp3) is 0.902. The van der Waals surface area contributed by atoms with Crippen molar-refractivity contribution in [3.8, 4) is 0 Å². The molecule has 71 heavy (non-hydrogen) atoms. The van der Waals surface area contributed by atoms with E-state index in [4.69, 9.17) is 13.8 Å². The van der Waals surface area contributed by atoms with Gasteiger partial charge in [0.25, 0.3) is 0 Å². The number of quaternary nitrogens is 1. The molecule has 0 rings (SSSR count). The Morgan fingerprint density at radius 1 is 0.479 bits per heavy atom. The molecule has 0 aromatic heterocycles. The molecule has 0 aliphatic heterocycles. The number of ether oxygens (including phenoxy) is 1. The molecular formula is C61H120N2O7P+. The third-order valence-electron chi connectivity index (χ3n) is 13.9. The monoisotopic (exact) mass is 1020 g/mol. The molecule has 9 nitrogen and oxygen atoms in total. The molecule has 0 spiro atoms. The molecule has 0 aliphatic rings. The van der Waals surface area contributed by atoms with Gasteiger partial charge in [-0.2, -0.15) is 0 Å². The van der Waals surface area contributed by atoms with Gasteiger partial charge in [-0.05, 0) is 57.4 Å². The van der Waals surface area contributed by atoms with Crippen LogP contribution in [-0.2, 0) is 27.9 Å². The standard InChI is InChI=1S/C61H119N2O7P/c1-7-10-13-16-19-22-25-28-30-32-34-36-39-42-45-48-51-54-61(65)70-59(52-49-46-43-40-37-27-24-21-18-15-12-9-3)58(57-69-71(66,67)68-56-55-63(4,5)6)62-60(64)53-50-47-44-41-38-35-33-31-29-26-23-20-17-14-11-8-2/h31,33,49,52,58-59H,7-30,32,34-48,50-51,53-57H2,1-6H3,(H-,62,64,66,67)/p+1/b33-31+,52-49+. The Kier molecular flexibility index (Phi) is 50.8. The van der Waals surface area contributed by atoms with Crippen LogP contribution in [0.5, 0.6) is 0 Å². The van der Waals surface area contributed by atoms with Gasteiger partial charge in [0.2, 0.25) is 5.91 Å². The van der Waals surface area contributed by atoms with Gasteiger partial charge in [-0.15, -0.1) is 0 Å². The number of likely N-dealkylation sites (N-methyl/N-ethyl adjacent to an activating group) is 1. The smallest absolute Gasteiger partial charge is 0.456 e. The van der Waals surface area contributed by atoms with E-state index < -0.39 is 20.0 Å². The van der Waals surface area contributed by atoms with Gasteiger partial charge in [0.05, 0.1) is 33.8 Å². The third kappa shape index (κ3) is 53.1. The van der Waals surface area contributed by atoms with Crippen molar-refractivity contribution < 1.29 is 37.3 Å². The summed E-state index contributed by atoms with van der Waals surface area (Å²) in [6.07, 6.45) is 60.2. The van der Waals surface area contributed by atoms with Crippen molar-refractivity contribution in [3.63, 3.8) is 0 Å². The number of hydrogen-bond donors (Lipinski definition) is 2. The second-order valence-electron chi connectivity index (χ2n) is 22.2. The molecule has 1 amide bonds. The predicted octanol–water partition coefficient (Wildman–Crippen LogP) is 18.6. The molecule has 0 fully saturated rings. The van der Waals surface area contributed by atoms with E-state index in [1.54, 1.807) is 0 Å². The topological polar surface area (TPSA) is 111 Å². The number of carbonyl (C=O) groups is 2. The van der Waals surface area contributed by atoms with Crippen LogP contribution in [0.4, 0.5) is 0 Å². The largest absolute Gasteiger partial charge is 0.472 e. The fourth-order valence-electron chi connectivity index (χ4n) is 9.11. The van der Waals surface area contributed by atoms with Crippen LogP contribution in [0.15, 0.2) is 24.3 Å². The quantitative estimate of drug-likeness (QED) is 0.0205. The van der Waals surface area contributed by atoms with Gasteiger partial charge >= 0.3 is 13.8 Å². The number of allylic oxidation sites excluding steroid dienone is 3. The Balaban J connectivity index is 5.27. The minimum atomic E-state index is -4.44. The minimum absolute atomic E-state index is 0.0420. The number of unbranched alkanes of at least 4 members (excludes halogenated alkanes) is 38. The van der Waals surface area contributed by atoms with E-state index in [9.17, 15) is 19.0 Å². The first-order chi connectivity index (χ1) is 34.4. The van der Waals surface area contributed by atoms with Crippen molar-refractivity contribution in [2.24, 2.45) is 0 Å². The summed E-state index contributed by atoms with van der Waals surface area (Å²) < 4.78 is 30.7. The first-order valence-corrected chi connectivity index (χ1v) is 32.2. The maximum absolute atomic E-state index is 13.5. The van der Waals surface area contributed by atoms with Gasteiger partial charge in [0, 0.05) is 12.8 Å². The van der Waals surface area contributed by atoms with Gasteiger partial charge < -0.3 is 19.4 Å². The number of nitrogens with one attached hydrogen (secondary N) is 1. The molecule has 0 saturated carbocycles. The molecule has 0 saturated heterocycles. The molecule has 0 aromatic rings. The molecule has 0 radical (unpaired) electrons. The Bertz CT molecular complexity index is 1270. The normalized spacial score (nSPS) is 13.8. The van der Waals surface area contributed by atoms with Gasteiger partial charge in [-0.3, -0.25) is 18.6 Å². The van der Waals surface area contributed by atoms with Crippen molar-refractivity contribution in [3.05, 3.63) is 24.3 Å². The van der Waals surface area contributed by atoms with Crippen LogP contribution < -0.4 is 5.32 Å². The molecule has 0 bridgehead atoms. The van der Waals surface area contributed by atoms with Crippen molar-refractivity contribution in [1.29, 1.82) is 0 Å². The Morgan fingerprint density at radius 2 is 0.817 bits per heavy atom. The van der Waals surface area contributed by atoms with E-state index in [1.165, 1.54) is 193 Å². The maximum Gasteiger partial charge on any atom is 0.472 e. The van der Waals surface area contributed by atoms with Crippen LogP contribution in [0.1, 0.15) is 303 Å². The molecule has 10 heteroatoms. The van der Waals surface area contributed by atoms with Gasteiger partial charge in [0.15, 0.2) is 0 Å². The van der Waals surface area contributed by atoms with Crippen molar-refractivity contribution >= 4 is 19.7 Å². The number of rotatable bonds is 56. The summed E-state index contributed by atoms with van der Waals surface area (Å²) >= 11 is 0. The highest BCUT2D eigenvalue weighted by atomic mass is 31.2. The third-order valence-corrected chi connectivity index (χ3v) is 14.9. The number of amides is 1. The van der Waals surface area contributed by atoms with Crippen LogP contribution >= 0.6 is 7.82 Å². The van der Waals surface area contributed by atoms with E-state index in [-0.39, 0.29) is 25.1 Å². The summed E-state index contributed by atoms with van der Waals surface area (Å²) in [7, 11) is 1.50. The summed E-state index contributed by atoms with van der Waals surface area (Å²) in [4.78, 5) is 37.6. The van der Waals surface area contributed by atoms with Crippen LogP contribution in [0.3, 0.4) is 0 Å². The highest BCUT2D eigenvalue weighted by molar-refractivity contribution is 7.47. The van der Waals surface area contributed by atoms with Crippen molar-refractivity contribution in [2.75, 3.05) is 40.9 Å². The number of phosphoric ester groups is 1. The van der Waals surface area contributed by atoms with Crippen molar-refractivity contribution in [2.45, 2.75) is 315 Å². The molecule has 0 aromatic carbocycles. The molecule has 2 N–H and O–H groups in total. The highest BCUT2D eigenvalue weighted by Crippen LogP contribution is 2.43. The lowest BCUT2D eigenvalue weighted by Crippen LogP contribution is -2.47. The van der Waals surface area contributed by atoms with Gasteiger partial charge in [-0.1, -0.05) is 257 Å². The van der Waals surface area contributed by atoms with E-state index >= 15 is 0 Å². The summed E-state index contributed by atoms with van der Waals surface area (Å²) in [6.45, 7) is 7.04. The van der Waals surface area contributed by atoms with E-state index in [0.29, 0.717) is 23.9 Å². The first-order valence-electron chi connectivity index (χ1n) is 30.7. The Hall–Kier alpha value is -1.51. The SMILES string of the molecule is CCCCCCCCC/C=C/CCCCCCCC(=O)NC(COP(=O)(O)OCC[N+](C)(C)C)C(/C=C/CCCCCCCCCCCC)OC(=O)CCCCCCCCCCCCCCCCCCC. The zero-order valence-electron chi connectivity index (χ0n) is 48.0. The van der Waals surface area contributed by atoms with Crippen LogP contribution in [0.25, 0.3) is 0 Å². The zero-order valence-corrected chi connectivity index (χ0v) is 48.9. The number of hydrogen-bond acceptors (Lipinski definition) is 6. The summed E-state index contributed by atoms with van der Waals surface area (Å²) in [5, 5.41) is 3.05. The number of esters is 1. The summed E-state index contributed by atoms with van der Waals surface area (Å²) in [6, 6.07) is -0.846. The molecule has 0 aliphatic carbocycles. The van der Waals surface area contributed by atoms with Crippen LogP contribution in [-0.4, -0.2) is 74.3 Å². The number of nitrogens with zero attached hydrogens (tertiary/aromatic N) is 1. The van der Waals surface area contributed by atoms with Gasteiger partial charge in [0.1, 0.15) is 19.3 Å². The average molecular weight is 1020 g/mol. The molecule has 3 atom stereocenters. The maximum atomic E-state index is 13.5. The molecule has 3 unspecified atom stereocenters. The zero-order chi connectivity index (χ0) is 52.2. The lowest BCUT2D eigenvalue weighted by atomic mass is 10.0. The molecule has 420 valence electrons. The minimum Gasteiger partial charge on any atom is -0.456 e. The second kappa shape index (κ2) is 52.0. The van der Waals surface area contributed by atoms with Crippen LogP contribution in [0, 0.1) is 0 Å². The first kappa shape index (κ1) is 69.5. The number of carbonyl (C=O) groups excluding carboxylic acids is 2. The van der Waals surface area contributed by atoms with Crippen molar-refractivity contribution in [1.82, 2.24) is 5.32 Å². The lowest BCUT2D eigenvalue weighted by Gasteiger charge is -2.27.